The molecule has 0 aliphatic carbocycles. The Hall–Kier alpha value is -1.42. The van der Waals surface area contributed by atoms with Crippen LogP contribution >= 0.6 is 0 Å². The Labute approximate surface area is 75.3 Å². The number of hydrogen-bond donors (Lipinski definition) is 1. The maximum atomic E-state index is 13.1. The highest BCUT2D eigenvalue weighted by atomic mass is 19.1. The molecule has 0 heterocycles. The van der Waals surface area contributed by atoms with E-state index in [2.05, 4.69) is 4.74 Å². The van der Waals surface area contributed by atoms with Crippen molar-refractivity contribution in [1.29, 1.82) is 0 Å². The van der Waals surface area contributed by atoms with Crippen LogP contribution in [0.3, 0.4) is 0 Å². The van der Waals surface area contributed by atoms with Gasteiger partial charge < -0.3 is 10.5 Å². The molecule has 3 nitrogen and oxygen atoms in total. The fraction of sp³-hybridized carbons (Fsp3) is 0.222. The van der Waals surface area contributed by atoms with E-state index in [9.17, 15) is 9.18 Å². The number of esters is 1. The molecule has 1 aromatic carbocycles. The third kappa shape index (κ3) is 1.84. The molecule has 1 rings (SSSR count). The maximum Gasteiger partial charge on any atom is 0.338 e. The molecule has 2 N–H and O–H groups in total. The molecule has 0 saturated heterocycles. The summed E-state index contributed by atoms with van der Waals surface area (Å²) < 4.78 is 17.5. The molecule has 0 amide bonds. The molecule has 0 fully saturated rings. The third-order valence-electron chi connectivity index (χ3n) is 1.73. The van der Waals surface area contributed by atoms with E-state index < -0.39 is 11.8 Å². The van der Waals surface area contributed by atoms with Crippen molar-refractivity contribution in [2.45, 2.75) is 6.54 Å². The lowest BCUT2D eigenvalue weighted by Crippen LogP contribution is -2.10. The standard InChI is InChI=1S/C9H10FNO2/c1-13-9(12)6-3-2-4-8(10)7(6)5-11/h2-4H,5,11H2,1H3. The molecule has 0 bridgehead atoms. The van der Waals surface area contributed by atoms with E-state index in [4.69, 9.17) is 5.73 Å². The minimum atomic E-state index is -0.569. The minimum Gasteiger partial charge on any atom is -0.465 e. The Bertz CT molecular complexity index is 325. The first-order valence-electron chi connectivity index (χ1n) is 3.76. The molecule has 4 heteroatoms. The normalized spacial score (nSPS) is 9.77. The summed E-state index contributed by atoms with van der Waals surface area (Å²) in [6, 6.07) is 4.19. The Morgan fingerprint density at radius 1 is 1.62 bits per heavy atom. The topological polar surface area (TPSA) is 52.3 Å². The van der Waals surface area contributed by atoms with Crippen LogP contribution in [0.5, 0.6) is 0 Å². The molecular formula is C9H10FNO2. The van der Waals surface area contributed by atoms with E-state index in [-0.39, 0.29) is 17.7 Å². The van der Waals surface area contributed by atoms with Crippen molar-refractivity contribution in [1.82, 2.24) is 0 Å². The molecule has 0 aliphatic heterocycles. The summed E-state index contributed by atoms with van der Waals surface area (Å²) in [7, 11) is 1.24. The zero-order valence-electron chi connectivity index (χ0n) is 7.21. The Kier molecular flexibility index (Phi) is 2.97. The number of nitrogens with two attached hydrogens (primary N) is 1. The van der Waals surface area contributed by atoms with Crippen molar-refractivity contribution < 1.29 is 13.9 Å². The monoisotopic (exact) mass is 183 g/mol. The molecule has 0 unspecified atom stereocenters. The van der Waals surface area contributed by atoms with Gasteiger partial charge in [-0.1, -0.05) is 6.07 Å². The van der Waals surface area contributed by atoms with Gasteiger partial charge in [0.2, 0.25) is 0 Å². The van der Waals surface area contributed by atoms with E-state index in [0.717, 1.165) is 0 Å². The highest BCUT2D eigenvalue weighted by Gasteiger charge is 2.13. The van der Waals surface area contributed by atoms with Crippen molar-refractivity contribution in [3.63, 3.8) is 0 Å². The zero-order valence-corrected chi connectivity index (χ0v) is 7.21. The second kappa shape index (κ2) is 4.00. The SMILES string of the molecule is COC(=O)c1cccc(F)c1CN. The Balaban J connectivity index is 3.20. The summed E-state index contributed by atoms with van der Waals surface area (Å²) in [5.74, 6) is -1.05. The van der Waals surface area contributed by atoms with Gasteiger partial charge in [0.25, 0.3) is 0 Å². The number of benzene rings is 1. The fourth-order valence-electron chi connectivity index (χ4n) is 1.07. The number of methoxy groups -OCH3 is 1. The van der Waals surface area contributed by atoms with Crippen LogP contribution in [0, 0.1) is 5.82 Å². The van der Waals surface area contributed by atoms with Gasteiger partial charge in [0.1, 0.15) is 5.82 Å². The quantitative estimate of drug-likeness (QED) is 0.698. The summed E-state index contributed by atoms with van der Waals surface area (Å²) in [6.07, 6.45) is 0. The molecular weight excluding hydrogens is 173 g/mol. The van der Waals surface area contributed by atoms with Gasteiger partial charge in [-0.3, -0.25) is 0 Å². The highest BCUT2D eigenvalue weighted by Crippen LogP contribution is 2.13. The van der Waals surface area contributed by atoms with Crippen LogP contribution in [0.15, 0.2) is 18.2 Å². The van der Waals surface area contributed by atoms with Crippen molar-refractivity contribution in [3.8, 4) is 0 Å². The summed E-state index contributed by atoms with van der Waals surface area (Å²) in [6.45, 7) is -0.0168. The summed E-state index contributed by atoms with van der Waals surface area (Å²) in [5.41, 5.74) is 5.67. The Morgan fingerprint density at radius 3 is 2.85 bits per heavy atom. The minimum absolute atomic E-state index is 0.0168. The van der Waals surface area contributed by atoms with E-state index in [1.54, 1.807) is 0 Å². The second-order valence-corrected chi connectivity index (χ2v) is 2.46. The molecule has 0 spiro atoms. The number of hydrogen-bond acceptors (Lipinski definition) is 3. The Morgan fingerprint density at radius 2 is 2.31 bits per heavy atom. The van der Waals surface area contributed by atoms with Crippen LogP contribution in [-0.2, 0) is 11.3 Å². The molecule has 0 aliphatic rings. The first-order chi connectivity index (χ1) is 6.20. The van der Waals surface area contributed by atoms with Crippen LogP contribution in [0.1, 0.15) is 15.9 Å². The molecule has 0 atom stereocenters. The summed E-state index contributed by atoms with van der Waals surface area (Å²) >= 11 is 0. The summed E-state index contributed by atoms with van der Waals surface area (Å²) in [4.78, 5) is 11.1. The van der Waals surface area contributed by atoms with Crippen LogP contribution in [0.2, 0.25) is 0 Å². The van der Waals surface area contributed by atoms with Gasteiger partial charge in [0, 0.05) is 12.1 Å². The fourth-order valence-corrected chi connectivity index (χ4v) is 1.07. The maximum absolute atomic E-state index is 13.1. The van der Waals surface area contributed by atoms with Gasteiger partial charge in [-0.15, -0.1) is 0 Å². The van der Waals surface area contributed by atoms with Gasteiger partial charge in [0.15, 0.2) is 0 Å². The predicted molar refractivity (Wildman–Crippen MR) is 45.6 cm³/mol. The third-order valence-corrected chi connectivity index (χ3v) is 1.73. The number of carbonyl (C=O) groups excluding carboxylic acids is 1. The van der Waals surface area contributed by atoms with E-state index >= 15 is 0 Å². The first kappa shape index (κ1) is 9.67. The van der Waals surface area contributed by atoms with Crippen molar-refractivity contribution >= 4 is 5.97 Å². The number of carbonyl (C=O) groups is 1. The first-order valence-corrected chi connectivity index (χ1v) is 3.76. The molecule has 0 saturated carbocycles. The lowest BCUT2D eigenvalue weighted by Gasteiger charge is -2.05. The van der Waals surface area contributed by atoms with Gasteiger partial charge in [-0.2, -0.15) is 0 Å². The van der Waals surface area contributed by atoms with Gasteiger partial charge in [-0.05, 0) is 12.1 Å². The lowest BCUT2D eigenvalue weighted by atomic mass is 10.1. The molecule has 13 heavy (non-hydrogen) atoms. The predicted octanol–water partition coefficient (Wildman–Crippen LogP) is 1.07. The van der Waals surface area contributed by atoms with Gasteiger partial charge >= 0.3 is 5.97 Å². The smallest absolute Gasteiger partial charge is 0.338 e. The van der Waals surface area contributed by atoms with Crippen molar-refractivity contribution in [3.05, 3.63) is 35.1 Å². The van der Waals surface area contributed by atoms with Crippen molar-refractivity contribution in [2.24, 2.45) is 5.73 Å². The molecule has 0 radical (unpaired) electrons. The second-order valence-electron chi connectivity index (χ2n) is 2.46. The average molecular weight is 183 g/mol. The van der Waals surface area contributed by atoms with Crippen molar-refractivity contribution in [2.75, 3.05) is 7.11 Å². The number of rotatable bonds is 2. The van der Waals surface area contributed by atoms with E-state index in [0.29, 0.717) is 0 Å². The zero-order chi connectivity index (χ0) is 9.84. The lowest BCUT2D eigenvalue weighted by molar-refractivity contribution is 0.0599. The van der Waals surface area contributed by atoms with Gasteiger partial charge in [0.05, 0.1) is 12.7 Å². The van der Waals surface area contributed by atoms with E-state index in [1.807, 2.05) is 0 Å². The van der Waals surface area contributed by atoms with E-state index in [1.165, 1.54) is 25.3 Å². The molecule has 0 aromatic heterocycles. The number of halogens is 1. The molecule has 70 valence electrons. The largest absolute Gasteiger partial charge is 0.465 e. The van der Waals surface area contributed by atoms with Crippen LogP contribution < -0.4 is 5.73 Å². The van der Waals surface area contributed by atoms with Crippen LogP contribution in [0.25, 0.3) is 0 Å². The summed E-state index contributed by atoms with van der Waals surface area (Å²) in [5, 5.41) is 0. The molecule has 1 aromatic rings. The van der Waals surface area contributed by atoms with Crippen LogP contribution in [0.4, 0.5) is 4.39 Å². The van der Waals surface area contributed by atoms with Gasteiger partial charge in [-0.25, -0.2) is 9.18 Å². The highest BCUT2D eigenvalue weighted by molar-refractivity contribution is 5.91. The number of ether oxygens (including phenoxy) is 1. The van der Waals surface area contributed by atoms with Crippen LogP contribution in [-0.4, -0.2) is 13.1 Å². The average Bonchev–Trinajstić information content (AvgIpc) is 2.16.